The number of amides is 1. The number of hydrogen-bond donors (Lipinski definition) is 3. The highest BCUT2D eigenvalue weighted by molar-refractivity contribution is 6.32. The molecule has 0 fully saturated rings. The number of nitrogen functional groups attached to an aromatic ring is 1. The Hall–Kier alpha value is -4.10. The second-order valence-electron chi connectivity index (χ2n) is 6.37. The minimum absolute atomic E-state index is 0.0617. The fourth-order valence-corrected chi connectivity index (χ4v) is 3.29. The fourth-order valence-electron chi connectivity index (χ4n) is 3.04. The highest BCUT2D eigenvalue weighted by Gasteiger charge is 2.22. The largest absolute Gasteiger partial charge is 0.483 e. The van der Waals surface area contributed by atoms with Gasteiger partial charge in [0.15, 0.2) is 6.61 Å². The van der Waals surface area contributed by atoms with Gasteiger partial charge in [0, 0.05) is 23.7 Å². The molecule has 0 aliphatic carbocycles. The summed E-state index contributed by atoms with van der Waals surface area (Å²) in [6.07, 6.45) is 0.622. The number of ether oxygens (including phenoxy) is 1. The van der Waals surface area contributed by atoms with Gasteiger partial charge in [-0.2, -0.15) is 10.4 Å². The number of anilines is 1. The molecule has 3 aromatic rings. The Bertz CT molecular complexity index is 1190. The number of carbonyl (C=O) groups excluding carboxylic acids is 1. The SMILES string of the molecule is CCc1nn(C)c(Cl)c1-c1cc(-c2ccccc2OCC(N)=O)nc(N)c1C#N.O=CO. The maximum absolute atomic E-state index is 11.1. The zero-order valence-electron chi connectivity index (χ0n) is 17.4. The van der Waals surface area contributed by atoms with Gasteiger partial charge in [-0.3, -0.25) is 14.3 Å². The number of pyridine rings is 1. The van der Waals surface area contributed by atoms with Crippen molar-refractivity contribution in [3.8, 4) is 34.2 Å². The first-order chi connectivity index (χ1) is 15.3. The normalized spacial score (nSPS) is 9.94. The maximum Gasteiger partial charge on any atom is 0.290 e. The summed E-state index contributed by atoms with van der Waals surface area (Å²) in [5, 5.41) is 21.4. The van der Waals surface area contributed by atoms with Gasteiger partial charge < -0.3 is 21.3 Å². The number of aryl methyl sites for hydroxylation is 2. The van der Waals surface area contributed by atoms with Crippen molar-refractivity contribution in [2.45, 2.75) is 13.3 Å². The van der Waals surface area contributed by atoms with Crippen molar-refractivity contribution in [3.05, 3.63) is 46.7 Å². The number of nitrogens with two attached hydrogens (primary N) is 2. The van der Waals surface area contributed by atoms with Crippen LogP contribution < -0.4 is 16.2 Å². The van der Waals surface area contributed by atoms with E-state index in [0.29, 0.717) is 39.7 Å². The number of nitriles is 1. The van der Waals surface area contributed by atoms with Gasteiger partial charge in [-0.15, -0.1) is 0 Å². The van der Waals surface area contributed by atoms with Gasteiger partial charge in [-0.05, 0) is 24.6 Å². The van der Waals surface area contributed by atoms with E-state index in [2.05, 4.69) is 16.2 Å². The zero-order chi connectivity index (χ0) is 23.8. The van der Waals surface area contributed by atoms with Crippen molar-refractivity contribution in [1.82, 2.24) is 14.8 Å². The second-order valence-corrected chi connectivity index (χ2v) is 6.73. The second kappa shape index (κ2) is 10.8. The molecule has 0 saturated carbocycles. The third kappa shape index (κ3) is 5.14. The summed E-state index contributed by atoms with van der Waals surface area (Å²) in [4.78, 5) is 23.8. The smallest absolute Gasteiger partial charge is 0.290 e. The summed E-state index contributed by atoms with van der Waals surface area (Å²) in [5.41, 5.74) is 14.5. The third-order valence-electron chi connectivity index (χ3n) is 4.35. The number of aromatic nitrogens is 3. The summed E-state index contributed by atoms with van der Waals surface area (Å²) in [7, 11) is 1.73. The van der Waals surface area contributed by atoms with Crippen LogP contribution in [-0.4, -0.2) is 38.9 Å². The predicted molar refractivity (Wildman–Crippen MR) is 119 cm³/mol. The number of carbonyl (C=O) groups is 2. The van der Waals surface area contributed by atoms with Gasteiger partial charge in [0.1, 0.15) is 28.4 Å². The molecule has 10 nitrogen and oxygen atoms in total. The van der Waals surface area contributed by atoms with Crippen molar-refractivity contribution >= 4 is 29.8 Å². The van der Waals surface area contributed by atoms with Gasteiger partial charge >= 0.3 is 0 Å². The van der Waals surface area contributed by atoms with E-state index in [9.17, 15) is 10.1 Å². The van der Waals surface area contributed by atoms with Gasteiger partial charge in [-0.1, -0.05) is 30.7 Å². The molecule has 32 heavy (non-hydrogen) atoms. The predicted octanol–water partition coefficient (Wildman–Crippen LogP) is 2.38. The van der Waals surface area contributed by atoms with Gasteiger partial charge in [0.05, 0.1) is 11.4 Å². The molecule has 2 heterocycles. The molecule has 0 bridgehead atoms. The number of nitrogens with zero attached hydrogens (tertiary/aromatic N) is 4. The van der Waals surface area contributed by atoms with E-state index in [4.69, 9.17) is 37.7 Å². The lowest BCUT2D eigenvalue weighted by atomic mass is 9.97. The summed E-state index contributed by atoms with van der Waals surface area (Å²) in [6, 6.07) is 10.9. The van der Waals surface area contributed by atoms with Crippen LogP contribution in [0.3, 0.4) is 0 Å². The van der Waals surface area contributed by atoms with Crippen LogP contribution in [0.25, 0.3) is 22.4 Å². The minimum atomic E-state index is -0.595. The van der Waals surface area contributed by atoms with Crippen LogP contribution in [-0.2, 0) is 23.1 Å². The molecule has 0 radical (unpaired) electrons. The number of benzene rings is 1. The van der Waals surface area contributed by atoms with Crippen molar-refractivity contribution in [1.29, 1.82) is 5.26 Å². The van der Waals surface area contributed by atoms with Crippen LogP contribution in [0.5, 0.6) is 5.75 Å². The van der Waals surface area contributed by atoms with Crippen molar-refractivity contribution in [2.24, 2.45) is 12.8 Å². The number of hydrogen-bond acceptors (Lipinski definition) is 7. The summed E-state index contributed by atoms with van der Waals surface area (Å²) in [5.74, 6) is -0.115. The first-order valence-corrected chi connectivity index (χ1v) is 9.67. The molecule has 0 aliphatic rings. The number of para-hydroxylation sites is 1. The van der Waals surface area contributed by atoms with Gasteiger partial charge in [0.25, 0.3) is 12.4 Å². The van der Waals surface area contributed by atoms with Crippen molar-refractivity contribution in [3.63, 3.8) is 0 Å². The zero-order valence-corrected chi connectivity index (χ0v) is 18.1. The Balaban J connectivity index is 0.00000114. The Labute approximate surface area is 189 Å². The lowest BCUT2D eigenvalue weighted by Crippen LogP contribution is -2.20. The molecular formula is C21H21ClN6O4. The van der Waals surface area contributed by atoms with E-state index in [0.717, 1.165) is 5.69 Å². The molecular weight excluding hydrogens is 436 g/mol. The molecule has 11 heteroatoms. The van der Waals surface area contributed by atoms with Crippen LogP contribution >= 0.6 is 11.6 Å². The highest BCUT2D eigenvalue weighted by Crippen LogP contribution is 2.39. The maximum atomic E-state index is 11.1. The number of rotatable bonds is 6. The molecule has 0 aliphatic heterocycles. The fraction of sp³-hybridized carbons (Fsp3) is 0.190. The first-order valence-electron chi connectivity index (χ1n) is 9.29. The molecule has 0 saturated heterocycles. The summed E-state index contributed by atoms with van der Waals surface area (Å²) in [6.45, 7) is 1.43. The molecule has 1 aromatic carbocycles. The van der Waals surface area contributed by atoms with Crippen LogP contribution in [0.1, 0.15) is 18.2 Å². The van der Waals surface area contributed by atoms with Crippen LogP contribution in [0.4, 0.5) is 5.82 Å². The monoisotopic (exact) mass is 456 g/mol. The van der Waals surface area contributed by atoms with Crippen LogP contribution in [0.2, 0.25) is 5.15 Å². The standard InChI is InChI=1S/C20H19ClN6O2.CH2O2/c1-3-14-18(19(21)27(2)26-14)12-8-15(25-20(24)13(12)9-22)11-6-4-5-7-16(11)29-10-17(23)28;2-1-3/h4-8H,3,10H2,1-2H3,(H2,23,28)(H2,24,25);1H,(H,2,3). The minimum Gasteiger partial charge on any atom is -0.483 e. The number of primary amides is 1. The topological polar surface area (TPSA) is 170 Å². The van der Waals surface area contributed by atoms with E-state index in [-0.39, 0.29) is 24.5 Å². The highest BCUT2D eigenvalue weighted by atomic mass is 35.5. The molecule has 2 aromatic heterocycles. The summed E-state index contributed by atoms with van der Waals surface area (Å²) >= 11 is 6.48. The first kappa shape index (κ1) is 24.2. The van der Waals surface area contributed by atoms with Crippen molar-refractivity contribution < 1.29 is 19.4 Å². The van der Waals surface area contributed by atoms with Crippen molar-refractivity contribution in [2.75, 3.05) is 12.3 Å². The van der Waals surface area contributed by atoms with Gasteiger partial charge in [-0.25, -0.2) is 4.98 Å². The van der Waals surface area contributed by atoms with E-state index >= 15 is 0 Å². The Morgan fingerprint density at radius 2 is 2.03 bits per heavy atom. The molecule has 0 spiro atoms. The van der Waals surface area contributed by atoms with Gasteiger partial charge in [0.2, 0.25) is 0 Å². The summed E-state index contributed by atoms with van der Waals surface area (Å²) < 4.78 is 7.06. The number of carboxylic acid groups (broad SMARTS) is 1. The van der Waals surface area contributed by atoms with Crippen LogP contribution in [0.15, 0.2) is 30.3 Å². The third-order valence-corrected chi connectivity index (χ3v) is 4.78. The average molecular weight is 457 g/mol. The van der Waals surface area contributed by atoms with E-state index in [1.807, 2.05) is 6.92 Å². The lowest BCUT2D eigenvalue weighted by molar-refractivity contribution is -0.123. The van der Waals surface area contributed by atoms with Crippen LogP contribution in [0, 0.1) is 11.3 Å². The van der Waals surface area contributed by atoms with E-state index in [1.165, 1.54) is 0 Å². The number of halogens is 1. The lowest BCUT2D eigenvalue weighted by Gasteiger charge is -2.13. The Morgan fingerprint density at radius 1 is 1.38 bits per heavy atom. The quantitative estimate of drug-likeness (QED) is 0.474. The average Bonchev–Trinajstić information content (AvgIpc) is 3.06. The Morgan fingerprint density at radius 3 is 2.62 bits per heavy atom. The molecule has 5 N–H and O–H groups in total. The van der Waals surface area contributed by atoms with E-state index in [1.54, 1.807) is 42.1 Å². The Kier molecular flexibility index (Phi) is 8.15. The molecule has 3 rings (SSSR count). The molecule has 1 amide bonds. The molecule has 0 unspecified atom stereocenters. The molecule has 166 valence electrons. The van der Waals surface area contributed by atoms with E-state index < -0.39 is 5.91 Å². The molecule has 0 atom stereocenters.